The van der Waals surface area contributed by atoms with E-state index in [1.807, 2.05) is 60.7 Å². The third kappa shape index (κ3) is 7.19. The molecular weight excluding hydrogens is 466 g/mol. The largest absolute Gasteiger partial charge is 0.444 e. The highest BCUT2D eigenvalue weighted by Crippen LogP contribution is 2.26. The standard InChI is InChI=1S/C30H35N3O4/c1-7-21-12-11-15-24(18-21)26(27(34)32-25-17-16-22-13-9-10-14-23(22)19-25)33(8-2)28(35)20(3)31-29(36)37-30(4,5)6/h7,9-20,26H,1,8H2,2-6H3,(H,31,36)(H,32,34). The van der Waals surface area contributed by atoms with Crippen molar-refractivity contribution in [3.63, 3.8) is 0 Å². The summed E-state index contributed by atoms with van der Waals surface area (Å²) in [5.41, 5.74) is 1.38. The van der Waals surface area contributed by atoms with Crippen LogP contribution in [-0.4, -0.2) is 41.0 Å². The van der Waals surface area contributed by atoms with Gasteiger partial charge in [0.05, 0.1) is 0 Å². The van der Waals surface area contributed by atoms with Gasteiger partial charge in [-0.3, -0.25) is 9.59 Å². The number of benzene rings is 3. The van der Waals surface area contributed by atoms with Gasteiger partial charge in [-0.2, -0.15) is 0 Å². The van der Waals surface area contributed by atoms with Gasteiger partial charge in [-0.05, 0) is 74.7 Å². The molecule has 0 aliphatic heterocycles. The average molecular weight is 502 g/mol. The van der Waals surface area contributed by atoms with E-state index in [1.165, 1.54) is 4.90 Å². The van der Waals surface area contributed by atoms with Crippen LogP contribution >= 0.6 is 0 Å². The fourth-order valence-electron chi connectivity index (χ4n) is 4.07. The van der Waals surface area contributed by atoms with Gasteiger partial charge in [0.2, 0.25) is 5.91 Å². The van der Waals surface area contributed by atoms with Crippen molar-refractivity contribution in [2.75, 3.05) is 11.9 Å². The first-order valence-corrected chi connectivity index (χ1v) is 12.3. The molecule has 0 saturated heterocycles. The minimum atomic E-state index is -0.938. The summed E-state index contributed by atoms with van der Waals surface area (Å²) in [5.74, 6) is -0.771. The number of ether oxygens (including phenoxy) is 1. The minimum absolute atomic E-state index is 0.243. The Balaban J connectivity index is 1.92. The Morgan fingerprint density at radius 2 is 1.70 bits per heavy atom. The fourth-order valence-corrected chi connectivity index (χ4v) is 4.07. The van der Waals surface area contributed by atoms with Crippen molar-refractivity contribution in [1.82, 2.24) is 10.2 Å². The molecule has 7 nitrogen and oxygen atoms in total. The van der Waals surface area contributed by atoms with E-state index in [1.54, 1.807) is 46.8 Å². The fraction of sp³-hybridized carbons (Fsp3) is 0.300. The van der Waals surface area contributed by atoms with Crippen LogP contribution in [0.15, 0.2) is 73.3 Å². The predicted octanol–water partition coefficient (Wildman–Crippen LogP) is 5.92. The monoisotopic (exact) mass is 501 g/mol. The summed E-state index contributed by atoms with van der Waals surface area (Å²) in [4.78, 5) is 41.0. The van der Waals surface area contributed by atoms with Crippen LogP contribution in [-0.2, 0) is 14.3 Å². The van der Waals surface area contributed by atoms with Crippen molar-refractivity contribution in [2.45, 2.75) is 52.3 Å². The molecule has 0 radical (unpaired) electrons. The summed E-state index contributed by atoms with van der Waals surface area (Å²) >= 11 is 0. The van der Waals surface area contributed by atoms with Crippen molar-refractivity contribution in [3.8, 4) is 0 Å². The molecule has 0 saturated carbocycles. The maximum absolute atomic E-state index is 13.7. The molecule has 3 amide bonds. The molecule has 7 heteroatoms. The maximum Gasteiger partial charge on any atom is 0.408 e. The van der Waals surface area contributed by atoms with Crippen LogP contribution in [0.2, 0.25) is 0 Å². The third-order valence-corrected chi connectivity index (χ3v) is 5.77. The Morgan fingerprint density at radius 3 is 2.35 bits per heavy atom. The van der Waals surface area contributed by atoms with Crippen LogP contribution in [0.4, 0.5) is 10.5 Å². The topological polar surface area (TPSA) is 87.7 Å². The second kappa shape index (κ2) is 11.7. The molecule has 3 aromatic rings. The van der Waals surface area contributed by atoms with Crippen molar-refractivity contribution in [2.24, 2.45) is 0 Å². The molecular formula is C30H35N3O4. The number of amides is 3. The van der Waals surface area contributed by atoms with Crippen LogP contribution in [0.3, 0.4) is 0 Å². The maximum atomic E-state index is 13.7. The quantitative estimate of drug-likeness (QED) is 0.401. The Bertz CT molecular complexity index is 1300. The Hall–Kier alpha value is -4.13. The molecule has 0 bridgehead atoms. The van der Waals surface area contributed by atoms with Crippen LogP contribution in [0.25, 0.3) is 16.8 Å². The molecule has 0 aromatic heterocycles. The molecule has 37 heavy (non-hydrogen) atoms. The summed E-state index contributed by atoms with van der Waals surface area (Å²) in [7, 11) is 0. The molecule has 194 valence electrons. The zero-order valence-corrected chi connectivity index (χ0v) is 22.1. The molecule has 0 heterocycles. The van der Waals surface area contributed by atoms with Gasteiger partial charge in [0.25, 0.3) is 5.91 Å². The first-order valence-electron chi connectivity index (χ1n) is 12.3. The number of hydrogen-bond donors (Lipinski definition) is 2. The van der Waals surface area contributed by atoms with E-state index in [-0.39, 0.29) is 12.5 Å². The van der Waals surface area contributed by atoms with E-state index < -0.39 is 29.7 Å². The lowest BCUT2D eigenvalue weighted by Crippen LogP contribution is -2.51. The summed E-state index contributed by atoms with van der Waals surface area (Å²) in [6.07, 6.45) is 0.988. The van der Waals surface area contributed by atoms with Crippen LogP contribution in [0.1, 0.15) is 51.8 Å². The van der Waals surface area contributed by atoms with Crippen molar-refractivity contribution in [3.05, 3.63) is 84.4 Å². The lowest BCUT2D eigenvalue weighted by molar-refractivity contribution is -0.140. The molecule has 0 aliphatic carbocycles. The predicted molar refractivity (Wildman–Crippen MR) is 148 cm³/mol. The summed E-state index contributed by atoms with van der Waals surface area (Å²) in [5, 5.41) is 7.62. The van der Waals surface area contributed by atoms with Gasteiger partial charge < -0.3 is 20.3 Å². The van der Waals surface area contributed by atoms with Crippen LogP contribution in [0.5, 0.6) is 0 Å². The highest BCUT2D eigenvalue weighted by atomic mass is 16.6. The average Bonchev–Trinajstić information content (AvgIpc) is 2.85. The van der Waals surface area contributed by atoms with E-state index in [0.717, 1.165) is 16.3 Å². The molecule has 3 rings (SSSR count). The van der Waals surface area contributed by atoms with Gasteiger partial charge in [-0.1, -0.05) is 61.2 Å². The number of carbonyl (C=O) groups excluding carboxylic acids is 3. The lowest BCUT2D eigenvalue weighted by atomic mass is 10.0. The number of alkyl carbamates (subject to hydrolysis) is 1. The number of hydrogen-bond acceptors (Lipinski definition) is 4. The van der Waals surface area contributed by atoms with E-state index in [9.17, 15) is 14.4 Å². The number of anilines is 1. The SMILES string of the molecule is C=Cc1cccc(C(C(=O)Nc2ccc3ccccc3c2)N(CC)C(=O)C(C)NC(=O)OC(C)(C)C)c1. The third-order valence-electron chi connectivity index (χ3n) is 5.77. The summed E-state index contributed by atoms with van der Waals surface area (Å²) < 4.78 is 5.30. The number of nitrogens with one attached hydrogen (secondary N) is 2. The Kier molecular flexibility index (Phi) is 8.71. The van der Waals surface area contributed by atoms with Gasteiger partial charge in [-0.15, -0.1) is 0 Å². The lowest BCUT2D eigenvalue weighted by Gasteiger charge is -2.33. The van der Waals surface area contributed by atoms with E-state index in [4.69, 9.17) is 4.74 Å². The van der Waals surface area contributed by atoms with E-state index in [2.05, 4.69) is 17.2 Å². The van der Waals surface area contributed by atoms with E-state index >= 15 is 0 Å². The zero-order valence-electron chi connectivity index (χ0n) is 22.1. The summed E-state index contributed by atoms with van der Waals surface area (Å²) in [6, 6.07) is 19.0. The first kappa shape index (κ1) is 27.5. The molecule has 0 aliphatic rings. The normalized spacial score (nSPS) is 12.8. The van der Waals surface area contributed by atoms with Crippen LogP contribution < -0.4 is 10.6 Å². The van der Waals surface area contributed by atoms with Gasteiger partial charge >= 0.3 is 6.09 Å². The van der Waals surface area contributed by atoms with Crippen molar-refractivity contribution < 1.29 is 19.1 Å². The van der Waals surface area contributed by atoms with Gasteiger partial charge in [-0.25, -0.2) is 4.79 Å². The number of nitrogens with zero attached hydrogens (tertiary/aromatic N) is 1. The molecule has 2 unspecified atom stereocenters. The van der Waals surface area contributed by atoms with Gasteiger partial charge in [0, 0.05) is 12.2 Å². The first-order chi connectivity index (χ1) is 17.5. The van der Waals surface area contributed by atoms with Crippen LogP contribution in [0, 0.1) is 0 Å². The molecule has 3 aromatic carbocycles. The molecule has 0 fully saturated rings. The van der Waals surface area contributed by atoms with E-state index in [0.29, 0.717) is 11.3 Å². The minimum Gasteiger partial charge on any atom is -0.444 e. The second-order valence-electron chi connectivity index (χ2n) is 9.82. The van der Waals surface area contributed by atoms with Crippen molar-refractivity contribution in [1.29, 1.82) is 0 Å². The van der Waals surface area contributed by atoms with Gasteiger partial charge in [0.15, 0.2) is 0 Å². The number of carbonyl (C=O) groups is 3. The molecule has 2 atom stereocenters. The Labute approximate surface area is 218 Å². The van der Waals surface area contributed by atoms with Crippen molar-refractivity contribution >= 4 is 40.4 Å². The Morgan fingerprint density at radius 1 is 1.00 bits per heavy atom. The second-order valence-corrected chi connectivity index (χ2v) is 9.82. The number of rotatable bonds is 8. The number of likely N-dealkylation sites (N-methyl/N-ethyl adjacent to an activating group) is 1. The highest BCUT2D eigenvalue weighted by molar-refractivity contribution is 6.00. The number of fused-ring (bicyclic) bond motifs is 1. The van der Waals surface area contributed by atoms with Gasteiger partial charge in [0.1, 0.15) is 17.7 Å². The molecule has 2 N–H and O–H groups in total. The zero-order chi connectivity index (χ0) is 27.2. The molecule has 0 spiro atoms. The highest BCUT2D eigenvalue weighted by Gasteiger charge is 2.34. The smallest absolute Gasteiger partial charge is 0.408 e. The summed E-state index contributed by atoms with van der Waals surface area (Å²) in [6.45, 7) is 12.7.